The van der Waals surface area contributed by atoms with E-state index in [-0.39, 0.29) is 12.1 Å². The second-order valence-electron chi connectivity index (χ2n) is 5.09. The Hall–Kier alpha value is -2.77. The summed E-state index contributed by atoms with van der Waals surface area (Å²) in [5.41, 5.74) is -1.93. The van der Waals surface area contributed by atoms with Crippen LogP contribution in [0.1, 0.15) is 21.6 Å². The highest BCUT2D eigenvalue weighted by atomic mass is 19.4. The molecule has 0 radical (unpaired) electrons. The van der Waals surface area contributed by atoms with Crippen LogP contribution >= 0.6 is 0 Å². The Balaban J connectivity index is 2.24. The molecule has 0 unspecified atom stereocenters. The highest BCUT2D eigenvalue weighted by Gasteiger charge is 2.32. The number of ether oxygens (including phenoxy) is 1. The second kappa shape index (κ2) is 6.77. The van der Waals surface area contributed by atoms with Crippen molar-refractivity contribution in [2.24, 2.45) is 0 Å². The summed E-state index contributed by atoms with van der Waals surface area (Å²) >= 11 is 0. The average Bonchev–Trinajstić information content (AvgIpc) is 2.53. The standard InChI is InChI=1S/C16H15F3N2O3/c1-21(9-10-5-3-4-6-12(10)24-2)15(23)11-7-8-13(16(17,18)19)20-14(11)22/h3-8H,9H2,1-2H3,(H,20,22). The summed E-state index contributed by atoms with van der Waals surface area (Å²) in [7, 11) is 2.94. The lowest BCUT2D eigenvalue weighted by Crippen LogP contribution is -2.32. The van der Waals surface area contributed by atoms with Crippen molar-refractivity contribution in [3.05, 3.63) is 63.6 Å². The first-order chi connectivity index (χ1) is 11.2. The van der Waals surface area contributed by atoms with Gasteiger partial charge in [0.25, 0.3) is 11.5 Å². The molecule has 1 aromatic carbocycles. The van der Waals surface area contributed by atoms with E-state index in [2.05, 4.69) is 0 Å². The number of nitrogens with one attached hydrogen (secondary N) is 1. The van der Waals surface area contributed by atoms with Gasteiger partial charge in [0.15, 0.2) is 0 Å². The molecule has 1 N–H and O–H groups in total. The number of para-hydroxylation sites is 1. The maximum Gasteiger partial charge on any atom is 0.431 e. The van der Waals surface area contributed by atoms with Gasteiger partial charge in [0.2, 0.25) is 0 Å². The van der Waals surface area contributed by atoms with Crippen LogP contribution in [-0.4, -0.2) is 29.9 Å². The number of alkyl halides is 3. The monoisotopic (exact) mass is 340 g/mol. The first kappa shape index (κ1) is 17.6. The van der Waals surface area contributed by atoms with Crippen molar-refractivity contribution in [3.63, 3.8) is 0 Å². The minimum atomic E-state index is -4.68. The SMILES string of the molecule is COc1ccccc1CN(C)C(=O)c1ccc(C(F)(F)F)[nH]c1=O. The van der Waals surface area contributed by atoms with Gasteiger partial charge in [-0.3, -0.25) is 9.59 Å². The van der Waals surface area contributed by atoms with Crippen molar-refractivity contribution in [3.8, 4) is 5.75 Å². The van der Waals surface area contributed by atoms with Crippen LogP contribution in [0.4, 0.5) is 13.2 Å². The van der Waals surface area contributed by atoms with E-state index in [0.717, 1.165) is 6.07 Å². The van der Waals surface area contributed by atoms with Gasteiger partial charge in [-0.2, -0.15) is 13.2 Å². The predicted molar refractivity (Wildman–Crippen MR) is 80.9 cm³/mol. The molecule has 128 valence electrons. The molecule has 0 aliphatic carbocycles. The molecule has 0 saturated carbocycles. The number of H-pyrrole nitrogens is 1. The zero-order valence-electron chi connectivity index (χ0n) is 13.0. The Bertz CT molecular complexity index is 800. The topological polar surface area (TPSA) is 62.4 Å². The smallest absolute Gasteiger partial charge is 0.431 e. The first-order valence-corrected chi connectivity index (χ1v) is 6.92. The van der Waals surface area contributed by atoms with E-state index in [1.165, 1.54) is 19.1 Å². The number of benzene rings is 1. The third-order valence-electron chi connectivity index (χ3n) is 3.39. The van der Waals surface area contributed by atoms with Crippen LogP contribution in [0, 0.1) is 0 Å². The summed E-state index contributed by atoms with van der Waals surface area (Å²) in [5, 5.41) is 0. The third kappa shape index (κ3) is 3.76. The van der Waals surface area contributed by atoms with Gasteiger partial charge in [0, 0.05) is 19.2 Å². The average molecular weight is 340 g/mol. The van der Waals surface area contributed by atoms with Gasteiger partial charge < -0.3 is 14.6 Å². The van der Waals surface area contributed by atoms with E-state index in [0.29, 0.717) is 17.4 Å². The Labute approximate surface area is 135 Å². The van der Waals surface area contributed by atoms with Crippen LogP contribution in [0.2, 0.25) is 0 Å². The minimum absolute atomic E-state index is 0.142. The number of amides is 1. The zero-order valence-corrected chi connectivity index (χ0v) is 13.0. The Morgan fingerprint density at radius 2 is 1.88 bits per heavy atom. The molecule has 2 rings (SSSR count). The second-order valence-corrected chi connectivity index (χ2v) is 5.09. The number of aromatic nitrogens is 1. The Morgan fingerprint density at radius 1 is 1.21 bits per heavy atom. The summed E-state index contributed by atoms with van der Waals surface area (Å²) in [6.45, 7) is 0.142. The molecular weight excluding hydrogens is 325 g/mol. The van der Waals surface area contributed by atoms with Gasteiger partial charge in [0.05, 0.1) is 7.11 Å². The van der Waals surface area contributed by atoms with Crippen molar-refractivity contribution in [2.75, 3.05) is 14.2 Å². The molecule has 1 aromatic heterocycles. The van der Waals surface area contributed by atoms with Crippen LogP contribution in [0.15, 0.2) is 41.2 Å². The molecule has 8 heteroatoms. The van der Waals surface area contributed by atoms with Crippen molar-refractivity contribution in [1.82, 2.24) is 9.88 Å². The number of halogens is 3. The van der Waals surface area contributed by atoms with E-state index in [4.69, 9.17) is 4.74 Å². The van der Waals surface area contributed by atoms with Crippen molar-refractivity contribution < 1.29 is 22.7 Å². The molecule has 2 aromatic rings. The number of rotatable bonds is 4. The van der Waals surface area contributed by atoms with Crippen LogP contribution in [-0.2, 0) is 12.7 Å². The van der Waals surface area contributed by atoms with Gasteiger partial charge in [0.1, 0.15) is 17.0 Å². The van der Waals surface area contributed by atoms with Gasteiger partial charge in [-0.1, -0.05) is 18.2 Å². The minimum Gasteiger partial charge on any atom is -0.496 e. The van der Waals surface area contributed by atoms with E-state index in [1.54, 1.807) is 29.2 Å². The van der Waals surface area contributed by atoms with Crippen LogP contribution < -0.4 is 10.3 Å². The number of carbonyl (C=O) groups excluding carboxylic acids is 1. The van der Waals surface area contributed by atoms with Gasteiger partial charge in [-0.25, -0.2) is 0 Å². The van der Waals surface area contributed by atoms with Crippen molar-refractivity contribution in [2.45, 2.75) is 12.7 Å². The highest BCUT2D eigenvalue weighted by molar-refractivity contribution is 5.93. The Kier molecular flexibility index (Phi) is 4.96. The normalized spacial score (nSPS) is 11.2. The Morgan fingerprint density at radius 3 is 2.46 bits per heavy atom. The van der Waals surface area contributed by atoms with E-state index < -0.39 is 23.3 Å². The summed E-state index contributed by atoms with van der Waals surface area (Å²) in [5.74, 6) is -0.116. The summed E-state index contributed by atoms with van der Waals surface area (Å²) in [6.07, 6.45) is -4.68. The molecule has 0 fully saturated rings. The molecule has 24 heavy (non-hydrogen) atoms. The van der Waals surface area contributed by atoms with Crippen LogP contribution in [0.3, 0.4) is 0 Å². The summed E-state index contributed by atoms with van der Waals surface area (Å²) in [4.78, 5) is 27.0. The van der Waals surface area contributed by atoms with E-state index in [9.17, 15) is 22.8 Å². The number of nitrogens with zero attached hydrogens (tertiary/aromatic N) is 1. The fourth-order valence-corrected chi connectivity index (χ4v) is 2.17. The number of pyridine rings is 1. The molecule has 0 spiro atoms. The molecule has 5 nitrogen and oxygen atoms in total. The number of hydrogen-bond acceptors (Lipinski definition) is 3. The number of hydrogen-bond donors (Lipinski definition) is 1. The molecular formula is C16H15F3N2O3. The van der Waals surface area contributed by atoms with Crippen molar-refractivity contribution >= 4 is 5.91 Å². The molecule has 0 saturated heterocycles. The lowest BCUT2D eigenvalue weighted by Gasteiger charge is -2.18. The molecule has 0 aliphatic heterocycles. The quantitative estimate of drug-likeness (QED) is 0.931. The lowest BCUT2D eigenvalue weighted by atomic mass is 10.1. The zero-order chi connectivity index (χ0) is 17.9. The largest absolute Gasteiger partial charge is 0.496 e. The number of methoxy groups -OCH3 is 1. The predicted octanol–water partition coefficient (Wildman–Crippen LogP) is 2.67. The maximum absolute atomic E-state index is 12.6. The fraction of sp³-hybridized carbons (Fsp3) is 0.250. The van der Waals surface area contributed by atoms with Crippen molar-refractivity contribution in [1.29, 1.82) is 0 Å². The molecule has 0 aliphatic rings. The summed E-state index contributed by atoms with van der Waals surface area (Å²) in [6, 6.07) is 8.55. The summed E-state index contributed by atoms with van der Waals surface area (Å²) < 4.78 is 42.8. The number of carbonyl (C=O) groups is 1. The maximum atomic E-state index is 12.6. The first-order valence-electron chi connectivity index (χ1n) is 6.92. The highest BCUT2D eigenvalue weighted by Crippen LogP contribution is 2.26. The lowest BCUT2D eigenvalue weighted by molar-refractivity contribution is -0.141. The van der Waals surface area contributed by atoms with Crippen LogP contribution in [0.25, 0.3) is 0 Å². The van der Waals surface area contributed by atoms with Gasteiger partial charge in [-0.05, 0) is 18.2 Å². The van der Waals surface area contributed by atoms with E-state index >= 15 is 0 Å². The molecule has 1 amide bonds. The van der Waals surface area contributed by atoms with Gasteiger partial charge >= 0.3 is 6.18 Å². The molecule has 0 bridgehead atoms. The number of aromatic amines is 1. The molecule has 1 heterocycles. The van der Waals surface area contributed by atoms with Crippen LogP contribution in [0.5, 0.6) is 5.75 Å². The van der Waals surface area contributed by atoms with E-state index in [1.807, 2.05) is 0 Å². The third-order valence-corrected chi connectivity index (χ3v) is 3.39. The van der Waals surface area contributed by atoms with Gasteiger partial charge in [-0.15, -0.1) is 0 Å². The molecule has 0 atom stereocenters. The fourth-order valence-electron chi connectivity index (χ4n) is 2.17.